The summed E-state index contributed by atoms with van der Waals surface area (Å²) in [4.78, 5) is 2.30. The Morgan fingerprint density at radius 1 is 1.14 bits per heavy atom. The second kappa shape index (κ2) is 3.26. The van der Waals surface area contributed by atoms with Crippen molar-refractivity contribution in [3.05, 3.63) is 5.69 Å². The Hall–Kier alpha value is -1.06. The first-order valence-corrected chi connectivity index (χ1v) is 5.52. The van der Waals surface area contributed by atoms with Crippen LogP contribution in [0.5, 0.6) is 0 Å². The van der Waals surface area contributed by atoms with Gasteiger partial charge < -0.3 is 9.42 Å². The summed E-state index contributed by atoms with van der Waals surface area (Å²) in [6.07, 6.45) is 6.40. The normalized spacial score (nSPS) is 22.7. The predicted molar refractivity (Wildman–Crippen MR) is 52.3 cm³/mol. The molecular weight excluding hydrogens is 178 g/mol. The Kier molecular flexibility index (Phi) is 1.92. The lowest BCUT2D eigenvalue weighted by molar-refractivity contribution is 0.383. The van der Waals surface area contributed by atoms with E-state index in [-0.39, 0.29) is 0 Å². The SMILES string of the molecule is C1CCN(c2onnc2C2CC2)CC1. The van der Waals surface area contributed by atoms with Crippen LogP contribution >= 0.6 is 0 Å². The summed E-state index contributed by atoms with van der Waals surface area (Å²) in [5, 5.41) is 7.79. The Morgan fingerprint density at radius 2 is 1.93 bits per heavy atom. The van der Waals surface area contributed by atoms with Crippen LogP contribution in [-0.2, 0) is 0 Å². The van der Waals surface area contributed by atoms with Crippen molar-refractivity contribution < 1.29 is 4.52 Å². The van der Waals surface area contributed by atoms with Crippen molar-refractivity contribution in [3.63, 3.8) is 0 Å². The maximum atomic E-state index is 5.27. The zero-order valence-electron chi connectivity index (χ0n) is 8.28. The maximum Gasteiger partial charge on any atom is 0.251 e. The van der Waals surface area contributed by atoms with Gasteiger partial charge in [-0.1, -0.05) is 0 Å². The molecule has 0 aromatic carbocycles. The highest BCUT2D eigenvalue weighted by molar-refractivity contribution is 5.43. The molecule has 0 unspecified atom stereocenters. The van der Waals surface area contributed by atoms with Crippen molar-refractivity contribution in [2.45, 2.75) is 38.0 Å². The fourth-order valence-corrected chi connectivity index (χ4v) is 2.12. The monoisotopic (exact) mass is 193 g/mol. The minimum Gasteiger partial charge on any atom is -0.339 e. The number of rotatable bonds is 2. The van der Waals surface area contributed by atoms with Crippen LogP contribution in [-0.4, -0.2) is 23.5 Å². The molecular formula is C10H15N3O. The van der Waals surface area contributed by atoms with Gasteiger partial charge in [0.25, 0.3) is 5.88 Å². The topological polar surface area (TPSA) is 42.2 Å². The van der Waals surface area contributed by atoms with E-state index in [4.69, 9.17) is 4.52 Å². The smallest absolute Gasteiger partial charge is 0.251 e. The summed E-state index contributed by atoms with van der Waals surface area (Å²) in [7, 11) is 0. The average molecular weight is 193 g/mol. The van der Waals surface area contributed by atoms with Crippen LogP contribution in [0.4, 0.5) is 5.88 Å². The van der Waals surface area contributed by atoms with Crippen LogP contribution in [0.3, 0.4) is 0 Å². The van der Waals surface area contributed by atoms with E-state index in [1.165, 1.54) is 32.1 Å². The van der Waals surface area contributed by atoms with E-state index in [1.807, 2.05) is 0 Å². The summed E-state index contributed by atoms with van der Waals surface area (Å²) >= 11 is 0. The van der Waals surface area contributed by atoms with Gasteiger partial charge in [0, 0.05) is 24.3 Å². The van der Waals surface area contributed by atoms with Crippen molar-refractivity contribution in [1.82, 2.24) is 10.4 Å². The molecule has 76 valence electrons. The van der Waals surface area contributed by atoms with Crippen LogP contribution in [0.25, 0.3) is 0 Å². The van der Waals surface area contributed by atoms with Crippen LogP contribution in [0.15, 0.2) is 4.52 Å². The minimum absolute atomic E-state index is 0.637. The van der Waals surface area contributed by atoms with E-state index in [0.29, 0.717) is 5.92 Å². The number of hydrogen-bond acceptors (Lipinski definition) is 4. The zero-order valence-corrected chi connectivity index (χ0v) is 8.28. The molecule has 1 aliphatic carbocycles. The largest absolute Gasteiger partial charge is 0.339 e. The Balaban J connectivity index is 1.82. The van der Waals surface area contributed by atoms with Gasteiger partial charge in [0.1, 0.15) is 5.69 Å². The molecule has 2 aliphatic rings. The van der Waals surface area contributed by atoms with Crippen LogP contribution in [0.2, 0.25) is 0 Å². The average Bonchev–Trinajstić information content (AvgIpc) is 2.98. The predicted octanol–water partition coefficient (Wildman–Crippen LogP) is 1.94. The zero-order chi connectivity index (χ0) is 9.38. The first-order valence-electron chi connectivity index (χ1n) is 5.52. The van der Waals surface area contributed by atoms with Crippen molar-refractivity contribution in [3.8, 4) is 0 Å². The first-order chi connectivity index (χ1) is 6.95. The molecule has 1 saturated heterocycles. The fraction of sp³-hybridized carbons (Fsp3) is 0.800. The lowest BCUT2D eigenvalue weighted by Gasteiger charge is -2.25. The standard InChI is InChI=1S/C10H15N3O/c1-2-6-13(7-3-1)10-9(8-4-5-8)11-12-14-10/h8H,1-7H2. The van der Waals surface area contributed by atoms with Crippen molar-refractivity contribution >= 4 is 5.88 Å². The highest BCUT2D eigenvalue weighted by Gasteiger charge is 2.32. The van der Waals surface area contributed by atoms with Gasteiger partial charge in [-0.3, -0.25) is 0 Å². The Morgan fingerprint density at radius 3 is 2.64 bits per heavy atom. The molecule has 0 radical (unpaired) electrons. The first kappa shape index (κ1) is 8.26. The number of aromatic nitrogens is 2. The summed E-state index contributed by atoms with van der Waals surface area (Å²) in [6, 6.07) is 0. The summed E-state index contributed by atoms with van der Waals surface area (Å²) in [6.45, 7) is 2.22. The molecule has 0 spiro atoms. The van der Waals surface area contributed by atoms with Crippen molar-refractivity contribution in [2.75, 3.05) is 18.0 Å². The highest BCUT2D eigenvalue weighted by atomic mass is 16.5. The van der Waals surface area contributed by atoms with E-state index in [1.54, 1.807) is 0 Å². The molecule has 3 rings (SSSR count). The molecule has 0 atom stereocenters. The molecule has 1 aromatic rings. The lowest BCUT2D eigenvalue weighted by atomic mass is 10.1. The third kappa shape index (κ3) is 1.38. The number of hydrogen-bond donors (Lipinski definition) is 0. The van der Waals surface area contributed by atoms with Gasteiger partial charge in [0.15, 0.2) is 0 Å². The van der Waals surface area contributed by atoms with Crippen LogP contribution in [0, 0.1) is 0 Å². The molecule has 0 amide bonds. The third-order valence-electron chi connectivity index (χ3n) is 3.10. The Labute approximate surface area is 83.3 Å². The van der Waals surface area contributed by atoms with E-state index in [0.717, 1.165) is 24.7 Å². The molecule has 2 heterocycles. The van der Waals surface area contributed by atoms with Gasteiger partial charge in [-0.15, -0.1) is 5.10 Å². The summed E-state index contributed by atoms with van der Waals surface area (Å²) in [5.74, 6) is 1.59. The molecule has 0 N–H and O–H groups in total. The fourth-order valence-electron chi connectivity index (χ4n) is 2.12. The van der Waals surface area contributed by atoms with Gasteiger partial charge in [0.05, 0.1) is 0 Å². The number of anilines is 1. The molecule has 14 heavy (non-hydrogen) atoms. The molecule has 1 aliphatic heterocycles. The van der Waals surface area contributed by atoms with Crippen LogP contribution in [0.1, 0.15) is 43.7 Å². The third-order valence-corrected chi connectivity index (χ3v) is 3.10. The molecule has 0 bridgehead atoms. The van der Waals surface area contributed by atoms with Gasteiger partial charge >= 0.3 is 0 Å². The van der Waals surface area contributed by atoms with Crippen molar-refractivity contribution in [2.24, 2.45) is 0 Å². The molecule has 2 fully saturated rings. The molecule has 1 saturated carbocycles. The van der Waals surface area contributed by atoms with E-state index in [2.05, 4.69) is 15.3 Å². The van der Waals surface area contributed by atoms with Gasteiger partial charge in [-0.05, 0) is 32.1 Å². The molecule has 4 nitrogen and oxygen atoms in total. The van der Waals surface area contributed by atoms with Gasteiger partial charge in [-0.25, -0.2) is 0 Å². The molecule has 1 aromatic heterocycles. The summed E-state index contributed by atoms with van der Waals surface area (Å²) in [5.41, 5.74) is 1.10. The number of nitrogens with zero attached hydrogens (tertiary/aromatic N) is 3. The van der Waals surface area contributed by atoms with E-state index >= 15 is 0 Å². The summed E-state index contributed by atoms with van der Waals surface area (Å²) < 4.78 is 5.27. The van der Waals surface area contributed by atoms with Gasteiger partial charge in [-0.2, -0.15) is 0 Å². The van der Waals surface area contributed by atoms with Crippen molar-refractivity contribution in [1.29, 1.82) is 0 Å². The minimum atomic E-state index is 0.637. The lowest BCUT2D eigenvalue weighted by Crippen LogP contribution is -2.29. The second-order valence-corrected chi connectivity index (χ2v) is 4.29. The number of piperidine rings is 1. The maximum absolute atomic E-state index is 5.27. The van der Waals surface area contributed by atoms with Gasteiger partial charge in [0.2, 0.25) is 0 Å². The Bertz CT molecular complexity index is 313. The van der Waals surface area contributed by atoms with E-state index < -0.39 is 0 Å². The highest BCUT2D eigenvalue weighted by Crippen LogP contribution is 2.43. The quantitative estimate of drug-likeness (QED) is 0.719. The second-order valence-electron chi connectivity index (χ2n) is 4.29. The van der Waals surface area contributed by atoms with E-state index in [9.17, 15) is 0 Å². The van der Waals surface area contributed by atoms with Crippen LogP contribution < -0.4 is 4.90 Å². The molecule has 4 heteroatoms.